The molecule has 1 unspecified atom stereocenters. The van der Waals surface area contributed by atoms with Crippen molar-refractivity contribution in [1.82, 2.24) is 15.1 Å². The molecule has 1 saturated heterocycles. The molecule has 2 rings (SSSR count). The van der Waals surface area contributed by atoms with Gasteiger partial charge in [-0.3, -0.25) is 4.90 Å². The average molecular weight is 340 g/mol. The quantitative estimate of drug-likeness (QED) is 0.889. The Morgan fingerprint density at radius 1 is 1.35 bits per heavy atom. The normalized spacial score (nSPS) is 21.3. The molecule has 0 aliphatic carbocycles. The standard InChI is InChI=1S/C16H26BrN3/c1-4-18-10-14-5-6-15(16(17)9-14)12-20-8-7-19(3)11-13(20)2/h5-6,9,13,18H,4,7-8,10-12H2,1-3H3. The van der Waals surface area contributed by atoms with Gasteiger partial charge in [-0.25, -0.2) is 0 Å². The van der Waals surface area contributed by atoms with Gasteiger partial charge in [0.1, 0.15) is 0 Å². The summed E-state index contributed by atoms with van der Waals surface area (Å²) in [6, 6.07) is 7.38. The Bertz CT molecular complexity index is 436. The molecule has 1 aliphatic rings. The molecule has 1 atom stereocenters. The van der Waals surface area contributed by atoms with Crippen LogP contribution in [0.1, 0.15) is 25.0 Å². The number of hydrogen-bond donors (Lipinski definition) is 1. The smallest absolute Gasteiger partial charge is 0.0248 e. The minimum atomic E-state index is 0.627. The van der Waals surface area contributed by atoms with Gasteiger partial charge in [0.05, 0.1) is 0 Å². The lowest BCUT2D eigenvalue weighted by Crippen LogP contribution is -2.49. The highest BCUT2D eigenvalue weighted by molar-refractivity contribution is 9.10. The fourth-order valence-electron chi connectivity index (χ4n) is 2.73. The first-order valence-corrected chi connectivity index (χ1v) is 8.30. The minimum Gasteiger partial charge on any atom is -0.313 e. The number of halogens is 1. The van der Waals surface area contributed by atoms with Crippen LogP contribution in [0.4, 0.5) is 0 Å². The number of piperazine rings is 1. The predicted octanol–water partition coefficient (Wildman–Crippen LogP) is 2.69. The first-order chi connectivity index (χ1) is 9.60. The van der Waals surface area contributed by atoms with Crippen molar-refractivity contribution in [3.05, 3.63) is 33.8 Å². The number of nitrogens with one attached hydrogen (secondary N) is 1. The summed E-state index contributed by atoms with van der Waals surface area (Å²) in [6.45, 7) is 10.9. The van der Waals surface area contributed by atoms with Crippen molar-refractivity contribution < 1.29 is 0 Å². The first-order valence-electron chi connectivity index (χ1n) is 7.50. The molecular weight excluding hydrogens is 314 g/mol. The van der Waals surface area contributed by atoms with E-state index in [4.69, 9.17) is 0 Å². The lowest BCUT2D eigenvalue weighted by atomic mass is 10.1. The zero-order chi connectivity index (χ0) is 14.5. The van der Waals surface area contributed by atoms with Gasteiger partial charge in [0.2, 0.25) is 0 Å². The third-order valence-corrected chi connectivity index (χ3v) is 4.78. The summed E-state index contributed by atoms with van der Waals surface area (Å²) in [4.78, 5) is 4.99. The molecule has 0 bridgehead atoms. The fraction of sp³-hybridized carbons (Fsp3) is 0.625. The molecule has 20 heavy (non-hydrogen) atoms. The zero-order valence-corrected chi connectivity index (χ0v) is 14.4. The molecule has 1 fully saturated rings. The Kier molecular flexibility index (Phi) is 6.02. The molecule has 0 aromatic heterocycles. The Labute approximate surface area is 131 Å². The van der Waals surface area contributed by atoms with E-state index in [0.29, 0.717) is 6.04 Å². The molecule has 1 aromatic rings. The van der Waals surface area contributed by atoms with Crippen LogP contribution in [-0.2, 0) is 13.1 Å². The highest BCUT2D eigenvalue weighted by atomic mass is 79.9. The third-order valence-electron chi connectivity index (χ3n) is 4.04. The van der Waals surface area contributed by atoms with Crippen LogP contribution in [0.3, 0.4) is 0 Å². The van der Waals surface area contributed by atoms with Crippen molar-refractivity contribution >= 4 is 15.9 Å². The topological polar surface area (TPSA) is 18.5 Å². The van der Waals surface area contributed by atoms with Crippen molar-refractivity contribution in [2.24, 2.45) is 0 Å². The number of rotatable bonds is 5. The molecule has 1 heterocycles. The monoisotopic (exact) mass is 339 g/mol. The lowest BCUT2D eigenvalue weighted by Gasteiger charge is -2.38. The molecule has 0 spiro atoms. The van der Waals surface area contributed by atoms with E-state index in [1.807, 2.05) is 0 Å². The van der Waals surface area contributed by atoms with Crippen molar-refractivity contribution in [2.45, 2.75) is 33.0 Å². The van der Waals surface area contributed by atoms with E-state index < -0.39 is 0 Å². The van der Waals surface area contributed by atoms with Gasteiger partial charge in [-0.1, -0.05) is 35.0 Å². The Balaban J connectivity index is 1.99. The second kappa shape index (κ2) is 7.55. The minimum absolute atomic E-state index is 0.627. The molecule has 4 heteroatoms. The third kappa shape index (κ3) is 4.29. The van der Waals surface area contributed by atoms with Crippen LogP contribution >= 0.6 is 15.9 Å². The number of benzene rings is 1. The Hall–Kier alpha value is -0.420. The molecule has 1 aliphatic heterocycles. The van der Waals surface area contributed by atoms with E-state index in [1.54, 1.807) is 0 Å². The molecule has 112 valence electrons. The van der Waals surface area contributed by atoms with E-state index in [0.717, 1.165) is 32.7 Å². The van der Waals surface area contributed by atoms with Crippen molar-refractivity contribution in [3.63, 3.8) is 0 Å². The molecule has 0 amide bonds. The summed E-state index contributed by atoms with van der Waals surface area (Å²) in [5.41, 5.74) is 2.73. The van der Waals surface area contributed by atoms with Gasteiger partial charge in [0.25, 0.3) is 0 Å². The molecule has 0 radical (unpaired) electrons. The van der Waals surface area contributed by atoms with Crippen molar-refractivity contribution in [3.8, 4) is 0 Å². The molecule has 1 aromatic carbocycles. The fourth-order valence-corrected chi connectivity index (χ4v) is 3.28. The Morgan fingerprint density at radius 3 is 2.80 bits per heavy atom. The first kappa shape index (κ1) is 16.0. The molecule has 1 N–H and O–H groups in total. The van der Waals surface area contributed by atoms with E-state index in [9.17, 15) is 0 Å². The van der Waals surface area contributed by atoms with Crippen molar-refractivity contribution in [2.75, 3.05) is 33.2 Å². The number of likely N-dealkylation sites (N-methyl/N-ethyl adjacent to an activating group) is 1. The van der Waals surface area contributed by atoms with Gasteiger partial charge in [0.15, 0.2) is 0 Å². The van der Waals surface area contributed by atoms with E-state index in [1.165, 1.54) is 22.1 Å². The number of nitrogens with zero attached hydrogens (tertiary/aromatic N) is 2. The van der Waals surface area contributed by atoms with Crippen LogP contribution in [0, 0.1) is 0 Å². The highest BCUT2D eigenvalue weighted by Crippen LogP contribution is 2.22. The second-order valence-corrected chi connectivity index (χ2v) is 6.64. The van der Waals surface area contributed by atoms with E-state index in [-0.39, 0.29) is 0 Å². The van der Waals surface area contributed by atoms with Crippen molar-refractivity contribution in [1.29, 1.82) is 0 Å². The van der Waals surface area contributed by atoms with Gasteiger partial charge < -0.3 is 10.2 Å². The SMILES string of the molecule is CCNCc1ccc(CN2CCN(C)CC2C)c(Br)c1. The summed E-state index contributed by atoms with van der Waals surface area (Å²) in [5.74, 6) is 0. The maximum atomic E-state index is 3.73. The summed E-state index contributed by atoms with van der Waals surface area (Å²) >= 11 is 3.73. The van der Waals surface area contributed by atoms with E-state index >= 15 is 0 Å². The predicted molar refractivity (Wildman–Crippen MR) is 88.9 cm³/mol. The summed E-state index contributed by atoms with van der Waals surface area (Å²) in [6.07, 6.45) is 0. The van der Waals surface area contributed by atoms with Crippen LogP contribution in [-0.4, -0.2) is 49.1 Å². The maximum absolute atomic E-state index is 3.73. The molecule has 3 nitrogen and oxygen atoms in total. The lowest BCUT2D eigenvalue weighted by molar-refractivity contribution is 0.0936. The zero-order valence-electron chi connectivity index (χ0n) is 12.8. The Morgan fingerprint density at radius 2 is 2.15 bits per heavy atom. The van der Waals surface area contributed by atoms with Gasteiger partial charge in [-0.15, -0.1) is 0 Å². The highest BCUT2D eigenvalue weighted by Gasteiger charge is 2.21. The van der Waals surface area contributed by atoms with Crippen LogP contribution in [0.25, 0.3) is 0 Å². The van der Waals surface area contributed by atoms with E-state index in [2.05, 4.69) is 70.1 Å². The van der Waals surface area contributed by atoms with Crippen LogP contribution in [0.5, 0.6) is 0 Å². The summed E-state index contributed by atoms with van der Waals surface area (Å²) < 4.78 is 1.24. The average Bonchev–Trinajstić information content (AvgIpc) is 2.42. The van der Waals surface area contributed by atoms with Gasteiger partial charge in [0, 0.05) is 43.2 Å². The maximum Gasteiger partial charge on any atom is 0.0248 e. The molecular formula is C16H26BrN3. The van der Waals surface area contributed by atoms with Gasteiger partial charge in [-0.05, 0) is 37.7 Å². The van der Waals surface area contributed by atoms with Gasteiger partial charge >= 0.3 is 0 Å². The van der Waals surface area contributed by atoms with Crippen LogP contribution in [0.2, 0.25) is 0 Å². The van der Waals surface area contributed by atoms with Gasteiger partial charge in [-0.2, -0.15) is 0 Å². The number of hydrogen-bond acceptors (Lipinski definition) is 3. The summed E-state index contributed by atoms with van der Waals surface area (Å²) in [5, 5.41) is 3.37. The molecule has 0 saturated carbocycles. The van der Waals surface area contributed by atoms with Crippen LogP contribution in [0.15, 0.2) is 22.7 Å². The summed E-state index contributed by atoms with van der Waals surface area (Å²) in [7, 11) is 2.21. The van der Waals surface area contributed by atoms with Crippen LogP contribution < -0.4 is 5.32 Å². The largest absolute Gasteiger partial charge is 0.313 e. The second-order valence-electron chi connectivity index (χ2n) is 5.79.